The van der Waals surface area contributed by atoms with E-state index in [9.17, 15) is 9.90 Å². The van der Waals surface area contributed by atoms with Crippen molar-refractivity contribution >= 4 is 52.4 Å². The van der Waals surface area contributed by atoms with Crippen LogP contribution in [0.4, 0.5) is 0 Å². The third kappa shape index (κ3) is 1.73. The molecule has 0 bridgehead atoms. The number of hydrogen-bond donors (Lipinski definition) is 2. The molecule has 0 heterocycles. The molecular weight excluding hydrogens is 274 g/mol. The molecule has 0 saturated carbocycles. The minimum atomic E-state index is -1.44. The van der Waals surface area contributed by atoms with Crippen molar-refractivity contribution < 1.29 is 15.0 Å². The second-order valence-corrected chi connectivity index (χ2v) is 3.80. The van der Waals surface area contributed by atoms with Crippen molar-refractivity contribution in [2.75, 3.05) is 0 Å². The second kappa shape index (κ2) is 4.03. The Bertz CT molecular complexity index is 387. The molecule has 0 radical (unpaired) electrons. The fourth-order valence-corrected chi connectivity index (χ4v) is 1.74. The van der Waals surface area contributed by atoms with Crippen molar-refractivity contribution in [3.8, 4) is 5.75 Å². The van der Waals surface area contributed by atoms with Crippen molar-refractivity contribution in [2.45, 2.75) is 0 Å². The maximum absolute atomic E-state index is 10.7. The first-order chi connectivity index (χ1) is 6.37. The van der Waals surface area contributed by atoms with Gasteiger partial charge in [0.15, 0.2) is 5.75 Å². The third-order valence-corrected chi connectivity index (χ3v) is 3.25. The largest absolute Gasteiger partial charge is 0.505 e. The maximum Gasteiger partial charge on any atom is 0.341 e. The lowest BCUT2D eigenvalue weighted by molar-refractivity contribution is 0.0694. The minimum absolute atomic E-state index is 0.180. The van der Waals surface area contributed by atoms with Gasteiger partial charge in [-0.05, 0) is 0 Å². The van der Waals surface area contributed by atoms with Crippen LogP contribution in [0.1, 0.15) is 10.4 Å². The summed E-state index contributed by atoms with van der Waals surface area (Å²) in [5.41, 5.74) is -0.564. The molecule has 0 aliphatic carbocycles. The van der Waals surface area contributed by atoms with Gasteiger partial charge in [-0.2, -0.15) is 0 Å². The van der Waals surface area contributed by atoms with Gasteiger partial charge in [0.25, 0.3) is 0 Å². The monoisotopic (exact) mass is 274 g/mol. The number of carboxylic acid groups (broad SMARTS) is 1. The van der Waals surface area contributed by atoms with Gasteiger partial charge in [-0.25, -0.2) is 4.79 Å². The average molecular weight is 276 g/mol. The van der Waals surface area contributed by atoms with E-state index in [0.29, 0.717) is 0 Å². The van der Waals surface area contributed by atoms with Crippen LogP contribution in [-0.4, -0.2) is 16.2 Å². The highest BCUT2D eigenvalue weighted by Crippen LogP contribution is 2.44. The SMILES string of the molecule is O=C(O)c1c(O)c(Cl)c(Cl)c(Cl)c1Cl. The summed E-state index contributed by atoms with van der Waals surface area (Å²) in [5, 5.41) is 16.9. The highest BCUT2D eigenvalue weighted by Gasteiger charge is 2.24. The Hall–Kier alpha value is -0.350. The predicted octanol–water partition coefficient (Wildman–Crippen LogP) is 3.70. The van der Waals surface area contributed by atoms with Crippen LogP contribution in [-0.2, 0) is 0 Å². The molecule has 7 heteroatoms. The molecule has 0 aromatic heterocycles. The molecule has 0 atom stereocenters. The van der Waals surface area contributed by atoms with Crippen molar-refractivity contribution in [3.63, 3.8) is 0 Å². The summed E-state index contributed by atoms with van der Waals surface area (Å²) in [7, 11) is 0. The normalized spacial score (nSPS) is 10.3. The molecule has 2 N–H and O–H groups in total. The smallest absolute Gasteiger partial charge is 0.341 e. The van der Waals surface area contributed by atoms with Crippen LogP contribution in [0.3, 0.4) is 0 Å². The number of phenols is 1. The summed E-state index contributed by atoms with van der Waals surface area (Å²) in [5.74, 6) is -2.13. The van der Waals surface area contributed by atoms with Gasteiger partial charge in [0.05, 0.1) is 15.1 Å². The number of aromatic carboxylic acids is 1. The number of carbonyl (C=O) groups is 1. The van der Waals surface area contributed by atoms with Crippen LogP contribution in [0.2, 0.25) is 20.1 Å². The lowest BCUT2D eigenvalue weighted by Crippen LogP contribution is -1.99. The molecule has 3 nitrogen and oxygen atoms in total. The summed E-state index contributed by atoms with van der Waals surface area (Å²) in [6.07, 6.45) is 0. The number of hydrogen-bond acceptors (Lipinski definition) is 2. The molecule has 0 fully saturated rings. The quantitative estimate of drug-likeness (QED) is 0.607. The Labute approximate surface area is 98.8 Å². The van der Waals surface area contributed by atoms with Crippen LogP contribution >= 0.6 is 46.4 Å². The molecule has 0 aliphatic heterocycles. The first-order valence-corrected chi connectivity index (χ1v) is 4.67. The molecule has 76 valence electrons. The van der Waals surface area contributed by atoms with Gasteiger partial charge < -0.3 is 10.2 Å². The van der Waals surface area contributed by atoms with Crippen LogP contribution in [0, 0.1) is 0 Å². The van der Waals surface area contributed by atoms with Crippen molar-refractivity contribution in [1.82, 2.24) is 0 Å². The summed E-state index contributed by atoms with van der Waals surface area (Å²) in [6, 6.07) is 0. The first kappa shape index (κ1) is 11.7. The van der Waals surface area contributed by atoms with Gasteiger partial charge in [-0.1, -0.05) is 46.4 Å². The Kier molecular flexibility index (Phi) is 3.37. The fourth-order valence-electron chi connectivity index (χ4n) is 0.815. The Balaban J connectivity index is 3.68. The third-order valence-electron chi connectivity index (χ3n) is 1.46. The summed E-state index contributed by atoms with van der Waals surface area (Å²) >= 11 is 22.2. The number of aromatic hydroxyl groups is 1. The van der Waals surface area contributed by atoms with E-state index in [2.05, 4.69) is 0 Å². The Morgan fingerprint density at radius 2 is 1.36 bits per heavy atom. The Morgan fingerprint density at radius 3 is 1.79 bits per heavy atom. The van der Waals surface area contributed by atoms with Gasteiger partial charge in [-0.15, -0.1) is 0 Å². The number of rotatable bonds is 1. The summed E-state index contributed by atoms with van der Waals surface area (Å²) < 4.78 is 0. The molecular formula is C7H2Cl4O3. The molecule has 1 aromatic rings. The molecule has 0 amide bonds. The molecule has 0 aliphatic rings. The maximum atomic E-state index is 10.7. The van der Waals surface area contributed by atoms with E-state index in [1.165, 1.54) is 0 Å². The van der Waals surface area contributed by atoms with E-state index >= 15 is 0 Å². The zero-order valence-corrected chi connectivity index (χ0v) is 9.34. The minimum Gasteiger partial charge on any atom is -0.505 e. The van der Waals surface area contributed by atoms with Crippen LogP contribution in [0.25, 0.3) is 0 Å². The molecule has 0 unspecified atom stereocenters. The number of halogens is 4. The summed E-state index contributed by atoms with van der Waals surface area (Å²) in [4.78, 5) is 10.7. The predicted molar refractivity (Wildman–Crippen MR) is 55.1 cm³/mol. The van der Waals surface area contributed by atoms with Crippen LogP contribution in [0.5, 0.6) is 5.75 Å². The van der Waals surface area contributed by atoms with E-state index < -0.39 is 17.3 Å². The Morgan fingerprint density at radius 1 is 0.929 bits per heavy atom. The summed E-state index contributed by atoms with van der Waals surface area (Å²) in [6.45, 7) is 0. The lowest BCUT2D eigenvalue weighted by Gasteiger charge is -2.08. The fraction of sp³-hybridized carbons (Fsp3) is 0. The van der Waals surface area contributed by atoms with E-state index in [-0.39, 0.29) is 20.1 Å². The number of benzene rings is 1. The second-order valence-electron chi connectivity index (χ2n) is 2.28. The first-order valence-electron chi connectivity index (χ1n) is 3.16. The highest BCUT2D eigenvalue weighted by molar-refractivity contribution is 6.53. The van der Waals surface area contributed by atoms with Crippen molar-refractivity contribution in [1.29, 1.82) is 0 Å². The molecule has 1 rings (SSSR count). The van der Waals surface area contributed by atoms with Gasteiger partial charge in [0.1, 0.15) is 10.6 Å². The van der Waals surface area contributed by atoms with Crippen molar-refractivity contribution in [2.24, 2.45) is 0 Å². The molecule has 14 heavy (non-hydrogen) atoms. The van der Waals surface area contributed by atoms with E-state index in [0.717, 1.165) is 0 Å². The van der Waals surface area contributed by atoms with Gasteiger partial charge in [-0.3, -0.25) is 0 Å². The van der Waals surface area contributed by atoms with Gasteiger partial charge in [0.2, 0.25) is 0 Å². The van der Waals surface area contributed by atoms with E-state index in [1.807, 2.05) is 0 Å². The molecule has 0 saturated heterocycles. The zero-order chi connectivity index (χ0) is 11.0. The molecule has 0 spiro atoms. The lowest BCUT2D eigenvalue weighted by atomic mass is 10.2. The van der Waals surface area contributed by atoms with Gasteiger partial charge >= 0.3 is 5.97 Å². The number of carboxylic acids is 1. The zero-order valence-electron chi connectivity index (χ0n) is 6.31. The van der Waals surface area contributed by atoms with Gasteiger partial charge in [0, 0.05) is 0 Å². The van der Waals surface area contributed by atoms with E-state index in [1.54, 1.807) is 0 Å². The standard InChI is InChI=1S/C7H2Cl4O3/c8-2-1(7(13)14)6(12)5(11)4(10)3(2)9/h12H,(H,13,14). The van der Waals surface area contributed by atoms with Crippen LogP contribution in [0.15, 0.2) is 0 Å². The van der Waals surface area contributed by atoms with E-state index in [4.69, 9.17) is 51.5 Å². The topological polar surface area (TPSA) is 57.5 Å². The highest BCUT2D eigenvalue weighted by atomic mass is 35.5. The average Bonchev–Trinajstić information content (AvgIpc) is 2.11. The van der Waals surface area contributed by atoms with Crippen molar-refractivity contribution in [3.05, 3.63) is 25.7 Å². The van der Waals surface area contributed by atoms with Crippen LogP contribution < -0.4 is 0 Å². The molecule has 1 aromatic carbocycles.